The molecule has 1 saturated carbocycles. The van der Waals surface area contributed by atoms with Crippen LogP contribution in [0.1, 0.15) is 19.8 Å². The predicted octanol–water partition coefficient (Wildman–Crippen LogP) is 0.213. The topological polar surface area (TPSA) is 72.8 Å². The first-order valence-corrected chi connectivity index (χ1v) is 6.24. The number of fused-ring (bicyclic) bond motifs is 2. The molecule has 2 aliphatic carbocycles. The van der Waals surface area contributed by atoms with E-state index < -0.39 is 18.3 Å². The van der Waals surface area contributed by atoms with E-state index in [9.17, 15) is 14.7 Å². The van der Waals surface area contributed by atoms with Crippen LogP contribution in [0.2, 0.25) is 0 Å². The molecule has 0 aromatic rings. The number of carbonyl (C=O) groups excluding carboxylic acids is 2. The number of ketones is 1. The summed E-state index contributed by atoms with van der Waals surface area (Å²) in [4.78, 5) is 23.8. The number of aliphatic hydroxyl groups is 1. The summed E-state index contributed by atoms with van der Waals surface area (Å²) in [5, 5.41) is 9.71. The fourth-order valence-electron chi connectivity index (χ4n) is 3.59. The predicted molar refractivity (Wildman–Crippen MR) is 60.6 cm³/mol. The Kier molecular flexibility index (Phi) is 2.57. The van der Waals surface area contributed by atoms with Crippen LogP contribution >= 0.6 is 0 Å². The van der Waals surface area contributed by atoms with Crippen LogP contribution < -0.4 is 0 Å². The van der Waals surface area contributed by atoms with Crippen molar-refractivity contribution < 1.29 is 24.2 Å². The van der Waals surface area contributed by atoms with Crippen molar-refractivity contribution in [2.24, 2.45) is 11.8 Å². The fraction of sp³-hybridized carbons (Fsp3) is 0.692. The van der Waals surface area contributed by atoms with E-state index in [1.54, 1.807) is 6.92 Å². The molecule has 5 nitrogen and oxygen atoms in total. The number of ether oxygens (including phenoxy) is 2. The maximum atomic E-state index is 11.9. The molecule has 0 aromatic carbocycles. The van der Waals surface area contributed by atoms with Crippen molar-refractivity contribution >= 4 is 11.8 Å². The third kappa shape index (κ3) is 1.34. The maximum absolute atomic E-state index is 11.9. The fourth-order valence-corrected chi connectivity index (χ4v) is 3.59. The standard InChI is InChI=1S/C13H16O5/c1-5(14)11-10-9(13(16)18-11)6-3-4-7(15)8(6)12(10)17-2/h5-6,8,11-12,14H,3-4H2,1-2H3/t5-,6-,8-,11-,12+/m0/s1. The second-order valence-corrected chi connectivity index (χ2v) is 5.23. The highest BCUT2D eigenvalue weighted by atomic mass is 16.6. The Hall–Kier alpha value is -1.20. The molecule has 5 atom stereocenters. The molecule has 0 radical (unpaired) electrons. The molecule has 3 aliphatic rings. The molecule has 0 unspecified atom stereocenters. The Labute approximate surface area is 105 Å². The van der Waals surface area contributed by atoms with Gasteiger partial charge in [0.2, 0.25) is 0 Å². The van der Waals surface area contributed by atoms with Crippen molar-refractivity contribution in [2.75, 3.05) is 7.11 Å². The molecular weight excluding hydrogens is 236 g/mol. The van der Waals surface area contributed by atoms with E-state index in [0.29, 0.717) is 24.0 Å². The number of rotatable bonds is 2. The third-order valence-electron chi connectivity index (χ3n) is 4.27. The zero-order valence-electron chi connectivity index (χ0n) is 10.4. The number of hydrogen-bond acceptors (Lipinski definition) is 5. The van der Waals surface area contributed by atoms with Crippen molar-refractivity contribution in [2.45, 2.75) is 38.1 Å². The Balaban J connectivity index is 2.06. The molecule has 0 aromatic heterocycles. The van der Waals surface area contributed by atoms with Crippen molar-refractivity contribution in [3.8, 4) is 0 Å². The second kappa shape index (κ2) is 3.90. The number of Topliss-reactive ketones (excluding diaryl/α,β-unsaturated/α-hetero) is 1. The SMILES string of the molecule is CO[C@H]1C2=C(C(=O)O[C@H]2[C@H](C)O)[C@H]2CCC(=O)[C@H]21. The van der Waals surface area contributed by atoms with Crippen LogP contribution in [0.4, 0.5) is 0 Å². The van der Waals surface area contributed by atoms with Gasteiger partial charge < -0.3 is 14.6 Å². The third-order valence-corrected chi connectivity index (χ3v) is 4.27. The molecule has 1 heterocycles. The zero-order valence-corrected chi connectivity index (χ0v) is 10.4. The van der Waals surface area contributed by atoms with Crippen LogP contribution in [0.3, 0.4) is 0 Å². The van der Waals surface area contributed by atoms with Crippen LogP contribution in [-0.4, -0.2) is 42.3 Å². The van der Waals surface area contributed by atoms with Gasteiger partial charge in [-0.25, -0.2) is 4.79 Å². The van der Waals surface area contributed by atoms with Gasteiger partial charge in [-0.05, 0) is 13.3 Å². The summed E-state index contributed by atoms with van der Waals surface area (Å²) in [5.74, 6) is -0.568. The van der Waals surface area contributed by atoms with Gasteiger partial charge in [-0.1, -0.05) is 0 Å². The molecule has 0 saturated heterocycles. The first-order chi connectivity index (χ1) is 8.56. The molecule has 1 N–H and O–H groups in total. The Morgan fingerprint density at radius 3 is 2.78 bits per heavy atom. The van der Waals surface area contributed by atoms with Crippen molar-refractivity contribution in [3.05, 3.63) is 11.1 Å². The number of hydrogen-bond donors (Lipinski definition) is 1. The van der Waals surface area contributed by atoms with E-state index in [-0.39, 0.29) is 23.6 Å². The monoisotopic (exact) mass is 252 g/mol. The molecule has 0 spiro atoms. The summed E-state index contributed by atoms with van der Waals surface area (Å²) in [6.07, 6.45) is -0.669. The maximum Gasteiger partial charge on any atom is 0.335 e. The number of methoxy groups -OCH3 is 1. The van der Waals surface area contributed by atoms with Gasteiger partial charge in [0.15, 0.2) is 6.10 Å². The summed E-state index contributed by atoms with van der Waals surface area (Å²) < 4.78 is 10.6. The molecule has 1 fully saturated rings. The summed E-state index contributed by atoms with van der Waals surface area (Å²) in [5.41, 5.74) is 1.28. The summed E-state index contributed by atoms with van der Waals surface area (Å²) in [6, 6.07) is 0. The number of carbonyl (C=O) groups is 2. The lowest BCUT2D eigenvalue weighted by atomic mass is 9.92. The summed E-state index contributed by atoms with van der Waals surface area (Å²) in [6.45, 7) is 1.58. The Morgan fingerprint density at radius 2 is 2.17 bits per heavy atom. The molecular formula is C13H16O5. The minimum atomic E-state index is -0.784. The molecule has 98 valence electrons. The van der Waals surface area contributed by atoms with Gasteiger partial charge in [-0.15, -0.1) is 0 Å². The van der Waals surface area contributed by atoms with Crippen molar-refractivity contribution in [3.63, 3.8) is 0 Å². The summed E-state index contributed by atoms with van der Waals surface area (Å²) in [7, 11) is 1.53. The van der Waals surface area contributed by atoms with E-state index in [4.69, 9.17) is 9.47 Å². The van der Waals surface area contributed by atoms with E-state index in [1.165, 1.54) is 7.11 Å². The first kappa shape index (κ1) is 11.9. The average Bonchev–Trinajstić information content (AvgIpc) is 2.92. The van der Waals surface area contributed by atoms with E-state index in [2.05, 4.69) is 0 Å². The van der Waals surface area contributed by atoms with E-state index in [1.807, 2.05) is 0 Å². The first-order valence-electron chi connectivity index (χ1n) is 6.24. The molecule has 18 heavy (non-hydrogen) atoms. The molecule has 5 heteroatoms. The van der Waals surface area contributed by atoms with Crippen LogP contribution in [-0.2, 0) is 19.1 Å². The highest BCUT2D eigenvalue weighted by Gasteiger charge is 2.58. The van der Waals surface area contributed by atoms with Gasteiger partial charge in [0.05, 0.1) is 18.1 Å². The lowest BCUT2D eigenvalue weighted by Crippen LogP contribution is -2.36. The molecule has 0 bridgehead atoms. The largest absolute Gasteiger partial charge is 0.452 e. The van der Waals surface area contributed by atoms with Gasteiger partial charge in [-0.3, -0.25) is 4.79 Å². The molecule has 0 amide bonds. The smallest absolute Gasteiger partial charge is 0.335 e. The van der Waals surface area contributed by atoms with Gasteiger partial charge in [0.1, 0.15) is 5.78 Å². The van der Waals surface area contributed by atoms with Gasteiger partial charge in [0.25, 0.3) is 0 Å². The normalized spacial score (nSPS) is 39.9. The number of aliphatic hydroxyl groups excluding tert-OH is 1. The quantitative estimate of drug-likeness (QED) is 0.711. The van der Waals surface area contributed by atoms with Crippen LogP contribution in [0.5, 0.6) is 0 Å². The second-order valence-electron chi connectivity index (χ2n) is 5.23. The lowest BCUT2D eigenvalue weighted by molar-refractivity contribution is -0.145. The van der Waals surface area contributed by atoms with Crippen molar-refractivity contribution in [1.29, 1.82) is 0 Å². The summed E-state index contributed by atoms with van der Waals surface area (Å²) >= 11 is 0. The minimum absolute atomic E-state index is 0.0753. The highest BCUT2D eigenvalue weighted by Crippen LogP contribution is 2.51. The number of cyclic esters (lactones) is 1. The minimum Gasteiger partial charge on any atom is -0.452 e. The zero-order chi connectivity index (χ0) is 13.0. The van der Waals surface area contributed by atoms with Crippen LogP contribution in [0, 0.1) is 11.8 Å². The van der Waals surface area contributed by atoms with Gasteiger partial charge >= 0.3 is 5.97 Å². The Morgan fingerprint density at radius 1 is 1.44 bits per heavy atom. The highest BCUT2D eigenvalue weighted by molar-refractivity contribution is 5.98. The van der Waals surface area contributed by atoms with Gasteiger partial charge in [-0.2, -0.15) is 0 Å². The number of esters is 1. The average molecular weight is 252 g/mol. The Bertz CT molecular complexity index is 450. The van der Waals surface area contributed by atoms with Crippen LogP contribution in [0.15, 0.2) is 11.1 Å². The van der Waals surface area contributed by atoms with E-state index in [0.717, 1.165) is 0 Å². The van der Waals surface area contributed by atoms with E-state index >= 15 is 0 Å². The van der Waals surface area contributed by atoms with Crippen molar-refractivity contribution in [1.82, 2.24) is 0 Å². The van der Waals surface area contributed by atoms with Gasteiger partial charge in [0, 0.05) is 30.6 Å². The van der Waals surface area contributed by atoms with Crippen LogP contribution in [0.25, 0.3) is 0 Å². The molecule has 1 aliphatic heterocycles. The lowest BCUT2D eigenvalue weighted by Gasteiger charge is -2.25. The molecule has 3 rings (SSSR count).